The molecule has 2 bridgehead atoms. The molecule has 1 N–H and O–H groups in total. The molecule has 2 aliphatic heterocycles. The average Bonchev–Trinajstić information content (AvgIpc) is 2.41. The quantitative estimate of drug-likeness (QED) is 0.577. The minimum Gasteiger partial charge on any atom is -0.465 e. The van der Waals surface area contributed by atoms with Gasteiger partial charge in [0, 0.05) is 12.5 Å². The van der Waals surface area contributed by atoms with Crippen molar-refractivity contribution >= 4 is 6.09 Å². The van der Waals surface area contributed by atoms with Gasteiger partial charge in [-0.2, -0.15) is 0 Å². The van der Waals surface area contributed by atoms with Crippen LogP contribution in [0.4, 0.5) is 9.18 Å². The molecule has 4 heteroatoms. The van der Waals surface area contributed by atoms with Gasteiger partial charge >= 0.3 is 6.09 Å². The van der Waals surface area contributed by atoms with Crippen molar-refractivity contribution in [2.45, 2.75) is 37.5 Å². The van der Waals surface area contributed by atoms with Crippen LogP contribution in [0.2, 0.25) is 0 Å². The number of alkyl halides is 1. The molecule has 0 spiro atoms. The van der Waals surface area contributed by atoms with Gasteiger partial charge in [0.15, 0.2) is 0 Å². The van der Waals surface area contributed by atoms with Gasteiger partial charge in [-0.05, 0) is 12.8 Å². The van der Waals surface area contributed by atoms with Gasteiger partial charge in [0.2, 0.25) is 0 Å². The van der Waals surface area contributed by atoms with E-state index in [0.29, 0.717) is 12.8 Å². The molecule has 0 aromatic carbocycles. The number of nitrogens with zero attached hydrogens (tertiary/aromatic N) is 1. The largest absolute Gasteiger partial charge is 0.465 e. The summed E-state index contributed by atoms with van der Waals surface area (Å²) >= 11 is 0. The fourth-order valence-electron chi connectivity index (χ4n) is 2.21. The van der Waals surface area contributed by atoms with Crippen molar-refractivity contribution in [2.24, 2.45) is 0 Å². The monoisotopic (exact) mass is 159 g/mol. The molecule has 3 atom stereocenters. The highest BCUT2D eigenvalue weighted by molar-refractivity contribution is 5.67. The van der Waals surface area contributed by atoms with Gasteiger partial charge in [-0.15, -0.1) is 0 Å². The lowest BCUT2D eigenvalue weighted by molar-refractivity contribution is 0.132. The molecule has 62 valence electrons. The molecule has 0 aromatic heterocycles. The number of hydrogen-bond donors (Lipinski definition) is 1. The Morgan fingerprint density at radius 2 is 2.27 bits per heavy atom. The number of amides is 1. The molecule has 0 radical (unpaired) electrons. The average molecular weight is 159 g/mol. The van der Waals surface area contributed by atoms with E-state index in [1.165, 1.54) is 4.90 Å². The first-order chi connectivity index (χ1) is 5.20. The second-order valence-electron chi connectivity index (χ2n) is 3.24. The Morgan fingerprint density at radius 1 is 1.55 bits per heavy atom. The first kappa shape index (κ1) is 6.88. The number of carboxylic acid groups (broad SMARTS) is 1. The molecule has 0 aliphatic carbocycles. The van der Waals surface area contributed by atoms with Crippen LogP contribution in [0.3, 0.4) is 0 Å². The second kappa shape index (κ2) is 2.09. The summed E-state index contributed by atoms with van der Waals surface area (Å²) < 4.78 is 12.9. The highest BCUT2D eigenvalue weighted by Gasteiger charge is 2.49. The van der Waals surface area contributed by atoms with E-state index in [1.54, 1.807) is 0 Å². The van der Waals surface area contributed by atoms with Gasteiger partial charge in [0.05, 0.1) is 6.04 Å². The van der Waals surface area contributed by atoms with Crippen molar-refractivity contribution in [3.8, 4) is 0 Å². The van der Waals surface area contributed by atoms with Crippen molar-refractivity contribution in [1.29, 1.82) is 0 Å². The molecule has 3 nitrogen and oxygen atoms in total. The second-order valence-corrected chi connectivity index (χ2v) is 3.24. The summed E-state index contributed by atoms with van der Waals surface area (Å²) in [5.74, 6) is 0. The predicted molar refractivity (Wildman–Crippen MR) is 36.2 cm³/mol. The molecule has 2 rings (SSSR count). The van der Waals surface area contributed by atoms with Gasteiger partial charge < -0.3 is 5.11 Å². The lowest BCUT2D eigenvalue weighted by atomic mass is 9.99. The maximum Gasteiger partial charge on any atom is 0.407 e. The zero-order valence-corrected chi connectivity index (χ0v) is 6.03. The lowest BCUT2D eigenvalue weighted by Crippen LogP contribution is -2.35. The van der Waals surface area contributed by atoms with Crippen LogP contribution in [0.1, 0.15) is 19.3 Å². The molecule has 0 saturated carbocycles. The zero-order chi connectivity index (χ0) is 8.01. The van der Waals surface area contributed by atoms with E-state index >= 15 is 0 Å². The first-order valence-electron chi connectivity index (χ1n) is 3.85. The molecular weight excluding hydrogens is 149 g/mol. The van der Waals surface area contributed by atoms with E-state index in [0.717, 1.165) is 6.42 Å². The molecule has 2 heterocycles. The zero-order valence-electron chi connectivity index (χ0n) is 6.03. The highest BCUT2D eigenvalue weighted by Crippen LogP contribution is 2.39. The Balaban J connectivity index is 2.19. The summed E-state index contributed by atoms with van der Waals surface area (Å²) in [6, 6.07) is -0.370. The fourth-order valence-corrected chi connectivity index (χ4v) is 2.21. The summed E-state index contributed by atoms with van der Waals surface area (Å²) in [5.41, 5.74) is 0. The van der Waals surface area contributed by atoms with E-state index in [2.05, 4.69) is 0 Å². The molecule has 11 heavy (non-hydrogen) atoms. The molecule has 1 amide bonds. The van der Waals surface area contributed by atoms with Crippen molar-refractivity contribution in [2.75, 3.05) is 0 Å². The molecule has 2 aliphatic rings. The fraction of sp³-hybridized carbons (Fsp3) is 0.857. The lowest BCUT2D eigenvalue weighted by Gasteiger charge is -2.17. The van der Waals surface area contributed by atoms with Crippen molar-refractivity contribution in [1.82, 2.24) is 4.90 Å². The summed E-state index contributed by atoms with van der Waals surface area (Å²) in [5, 5.41) is 8.67. The Morgan fingerprint density at radius 3 is 2.55 bits per heavy atom. The third-order valence-electron chi connectivity index (χ3n) is 2.68. The van der Waals surface area contributed by atoms with Gasteiger partial charge in [-0.1, -0.05) is 0 Å². The van der Waals surface area contributed by atoms with Crippen LogP contribution in [0.5, 0.6) is 0 Å². The number of fused-ring (bicyclic) bond motifs is 2. The van der Waals surface area contributed by atoms with E-state index in [4.69, 9.17) is 5.11 Å². The van der Waals surface area contributed by atoms with Gasteiger partial charge in [0.1, 0.15) is 6.17 Å². The molecular formula is C7H10FNO2. The number of halogens is 1. The predicted octanol–water partition coefficient (Wildman–Crippen LogP) is 1.24. The topological polar surface area (TPSA) is 40.5 Å². The number of hydrogen-bond acceptors (Lipinski definition) is 1. The SMILES string of the molecule is O=C(O)N1C2CCC1C(F)C2. The van der Waals surface area contributed by atoms with Crippen LogP contribution >= 0.6 is 0 Å². The molecule has 3 unspecified atom stereocenters. The van der Waals surface area contributed by atoms with Crippen LogP contribution in [-0.4, -0.2) is 34.4 Å². The Kier molecular flexibility index (Phi) is 1.31. The van der Waals surface area contributed by atoms with Crippen molar-refractivity contribution in [3.05, 3.63) is 0 Å². The van der Waals surface area contributed by atoms with E-state index in [-0.39, 0.29) is 12.1 Å². The third kappa shape index (κ3) is 0.814. The standard InChI is InChI=1S/C7H10FNO2/c8-5-3-4-1-2-6(5)9(4)7(10)11/h4-6H,1-3H2,(H,10,11). The van der Waals surface area contributed by atoms with Crippen molar-refractivity contribution in [3.63, 3.8) is 0 Å². The highest BCUT2D eigenvalue weighted by atomic mass is 19.1. The summed E-state index contributed by atoms with van der Waals surface area (Å²) in [6.07, 6.45) is 0.0921. The van der Waals surface area contributed by atoms with Crippen LogP contribution in [0.25, 0.3) is 0 Å². The summed E-state index contributed by atoms with van der Waals surface area (Å²) in [6.45, 7) is 0. The minimum absolute atomic E-state index is 0.0347. The Bertz CT molecular complexity index is 197. The van der Waals surface area contributed by atoms with Crippen LogP contribution in [0.15, 0.2) is 0 Å². The van der Waals surface area contributed by atoms with E-state index < -0.39 is 12.3 Å². The van der Waals surface area contributed by atoms with E-state index in [1.807, 2.05) is 0 Å². The van der Waals surface area contributed by atoms with Crippen molar-refractivity contribution < 1.29 is 14.3 Å². The summed E-state index contributed by atoms with van der Waals surface area (Å²) in [7, 11) is 0. The maximum absolute atomic E-state index is 12.9. The number of carbonyl (C=O) groups is 1. The number of rotatable bonds is 0. The smallest absolute Gasteiger partial charge is 0.407 e. The van der Waals surface area contributed by atoms with Gasteiger partial charge in [0.25, 0.3) is 0 Å². The first-order valence-corrected chi connectivity index (χ1v) is 3.85. The van der Waals surface area contributed by atoms with Crippen LogP contribution in [0, 0.1) is 0 Å². The molecule has 2 fully saturated rings. The molecule has 0 aromatic rings. The van der Waals surface area contributed by atoms with Gasteiger partial charge in [-0.3, -0.25) is 4.90 Å². The summed E-state index contributed by atoms with van der Waals surface area (Å²) in [4.78, 5) is 11.8. The minimum atomic E-state index is -0.961. The van der Waals surface area contributed by atoms with E-state index in [9.17, 15) is 9.18 Å². The molecule has 2 saturated heterocycles. The Labute approximate surface area is 63.8 Å². The Hall–Kier alpha value is -0.800. The normalized spacial score (nSPS) is 41.5. The van der Waals surface area contributed by atoms with Gasteiger partial charge in [-0.25, -0.2) is 9.18 Å². The van der Waals surface area contributed by atoms with Crippen LogP contribution in [-0.2, 0) is 0 Å². The maximum atomic E-state index is 12.9. The third-order valence-corrected chi connectivity index (χ3v) is 2.68. The van der Waals surface area contributed by atoms with Crippen LogP contribution < -0.4 is 0 Å².